The minimum atomic E-state index is 0.0128. The Balaban J connectivity index is 1.88. The zero-order valence-electron chi connectivity index (χ0n) is 12.0. The maximum Gasteiger partial charge on any atom is 0.256 e. The number of benzene rings is 1. The summed E-state index contributed by atoms with van der Waals surface area (Å²) in [6.45, 7) is 2.70. The van der Waals surface area contributed by atoms with E-state index in [4.69, 9.17) is 5.73 Å². The first kappa shape index (κ1) is 13.7. The second-order valence-electron chi connectivity index (χ2n) is 5.20. The molecule has 2 heterocycles. The number of aromatic amines is 1. The molecular weight excluding hydrogens is 282 g/mol. The predicted octanol–water partition coefficient (Wildman–Crippen LogP) is 3.39. The minimum absolute atomic E-state index is 0.0128. The summed E-state index contributed by atoms with van der Waals surface area (Å²) in [7, 11) is 1.83. The van der Waals surface area contributed by atoms with Gasteiger partial charge in [0.2, 0.25) is 0 Å². The number of amides is 1. The quantitative estimate of drug-likeness (QED) is 0.728. The van der Waals surface area contributed by atoms with E-state index in [2.05, 4.69) is 23.4 Å². The van der Waals surface area contributed by atoms with Crippen LogP contribution in [0.15, 0.2) is 35.8 Å². The van der Waals surface area contributed by atoms with E-state index >= 15 is 0 Å². The van der Waals surface area contributed by atoms with Crippen molar-refractivity contribution in [2.45, 2.75) is 13.5 Å². The topological polar surface area (TPSA) is 62.1 Å². The van der Waals surface area contributed by atoms with Crippen molar-refractivity contribution in [3.05, 3.63) is 51.8 Å². The van der Waals surface area contributed by atoms with E-state index in [-0.39, 0.29) is 5.91 Å². The molecule has 4 nitrogen and oxygen atoms in total. The normalized spacial score (nSPS) is 11.0. The van der Waals surface area contributed by atoms with E-state index in [1.807, 2.05) is 25.2 Å². The van der Waals surface area contributed by atoms with Gasteiger partial charge in [-0.2, -0.15) is 0 Å². The first-order valence-corrected chi connectivity index (χ1v) is 7.59. The molecule has 108 valence electrons. The highest BCUT2D eigenvalue weighted by atomic mass is 32.1. The number of rotatable bonds is 3. The van der Waals surface area contributed by atoms with Gasteiger partial charge in [-0.3, -0.25) is 4.79 Å². The molecule has 21 heavy (non-hydrogen) atoms. The highest BCUT2D eigenvalue weighted by molar-refractivity contribution is 7.10. The largest absolute Gasteiger partial charge is 0.399 e. The van der Waals surface area contributed by atoms with Crippen LogP contribution in [0.2, 0.25) is 0 Å². The minimum Gasteiger partial charge on any atom is -0.399 e. The van der Waals surface area contributed by atoms with Crippen LogP contribution in [0.25, 0.3) is 10.9 Å². The van der Waals surface area contributed by atoms with Crippen molar-refractivity contribution in [3.8, 4) is 0 Å². The van der Waals surface area contributed by atoms with Gasteiger partial charge in [-0.05, 0) is 42.1 Å². The maximum atomic E-state index is 12.6. The number of thiophene rings is 1. The van der Waals surface area contributed by atoms with Gasteiger partial charge in [0.15, 0.2) is 0 Å². The van der Waals surface area contributed by atoms with Crippen LogP contribution in [0, 0.1) is 6.92 Å². The highest BCUT2D eigenvalue weighted by Crippen LogP contribution is 2.23. The number of fused-ring (bicyclic) bond motifs is 1. The Labute approximate surface area is 127 Å². The highest BCUT2D eigenvalue weighted by Gasteiger charge is 2.17. The SMILES string of the molecule is Cc1ccsc1CN(C)C(=O)c1c[nH]c2cc(N)ccc12. The predicted molar refractivity (Wildman–Crippen MR) is 87.6 cm³/mol. The third-order valence-corrected chi connectivity index (χ3v) is 4.64. The van der Waals surface area contributed by atoms with E-state index in [0.29, 0.717) is 17.8 Å². The van der Waals surface area contributed by atoms with Gasteiger partial charge < -0.3 is 15.6 Å². The lowest BCUT2D eigenvalue weighted by molar-refractivity contribution is 0.0788. The average Bonchev–Trinajstić information content (AvgIpc) is 3.04. The van der Waals surface area contributed by atoms with Crippen LogP contribution < -0.4 is 5.73 Å². The fraction of sp³-hybridized carbons (Fsp3) is 0.188. The molecule has 0 spiro atoms. The van der Waals surface area contributed by atoms with E-state index < -0.39 is 0 Å². The summed E-state index contributed by atoms with van der Waals surface area (Å²) < 4.78 is 0. The van der Waals surface area contributed by atoms with Crippen molar-refractivity contribution in [2.24, 2.45) is 0 Å². The molecule has 0 atom stereocenters. The van der Waals surface area contributed by atoms with Crippen molar-refractivity contribution in [1.29, 1.82) is 0 Å². The Morgan fingerprint density at radius 2 is 2.19 bits per heavy atom. The van der Waals surface area contributed by atoms with E-state index in [1.54, 1.807) is 22.4 Å². The molecule has 0 aliphatic rings. The van der Waals surface area contributed by atoms with Crippen LogP contribution in [0.1, 0.15) is 20.8 Å². The second-order valence-corrected chi connectivity index (χ2v) is 6.20. The zero-order valence-corrected chi connectivity index (χ0v) is 12.8. The van der Waals surface area contributed by atoms with Gasteiger partial charge in [0, 0.05) is 34.7 Å². The summed E-state index contributed by atoms with van der Waals surface area (Å²) in [5.41, 5.74) is 9.25. The number of nitrogens with two attached hydrogens (primary N) is 1. The van der Waals surface area contributed by atoms with Crippen LogP contribution in [0.3, 0.4) is 0 Å². The molecule has 3 N–H and O–H groups in total. The molecule has 0 saturated heterocycles. The van der Waals surface area contributed by atoms with Crippen LogP contribution in [0.5, 0.6) is 0 Å². The smallest absolute Gasteiger partial charge is 0.256 e. The summed E-state index contributed by atoms with van der Waals surface area (Å²) in [5, 5.41) is 2.96. The Kier molecular flexibility index (Phi) is 3.43. The summed E-state index contributed by atoms with van der Waals surface area (Å²) in [4.78, 5) is 18.7. The van der Waals surface area contributed by atoms with Crippen molar-refractivity contribution in [1.82, 2.24) is 9.88 Å². The number of H-pyrrole nitrogens is 1. The lowest BCUT2D eigenvalue weighted by Gasteiger charge is -2.16. The van der Waals surface area contributed by atoms with Gasteiger partial charge in [0.1, 0.15) is 0 Å². The van der Waals surface area contributed by atoms with Crippen LogP contribution in [-0.2, 0) is 6.54 Å². The number of aromatic nitrogens is 1. The molecule has 3 rings (SSSR count). The second kappa shape index (κ2) is 5.26. The maximum absolute atomic E-state index is 12.6. The summed E-state index contributed by atoms with van der Waals surface area (Å²) >= 11 is 1.68. The molecule has 3 aromatic rings. The summed E-state index contributed by atoms with van der Waals surface area (Å²) in [5.74, 6) is 0.0128. The number of nitrogen functional groups attached to an aromatic ring is 1. The summed E-state index contributed by atoms with van der Waals surface area (Å²) in [6, 6.07) is 7.62. The van der Waals surface area contributed by atoms with Crippen LogP contribution in [-0.4, -0.2) is 22.8 Å². The molecule has 1 aromatic carbocycles. The van der Waals surface area contributed by atoms with Crippen molar-refractivity contribution in [2.75, 3.05) is 12.8 Å². The van der Waals surface area contributed by atoms with Crippen molar-refractivity contribution in [3.63, 3.8) is 0 Å². The molecule has 0 fully saturated rings. The molecule has 2 aromatic heterocycles. The van der Waals surface area contributed by atoms with Gasteiger partial charge in [0.05, 0.1) is 12.1 Å². The number of nitrogens with one attached hydrogen (secondary N) is 1. The van der Waals surface area contributed by atoms with Gasteiger partial charge in [0.25, 0.3) is 5.91 Å². The van der Waals surface area contributed by atoms with Gasteiger partial charge in [-0.1, -0.05) is 0 Å². The molecule has 0 unspecified atom stereocenters. The van der Waals surface area contributed by atoms with Crippen LogP contribution in [0.4, 0.5) is 5.69 Å². The number of aryl methyl sites for hydroxylation is 1. The van der Waals surface area contributed by atoms with Crippen molar-refractivity contribution >= 4 is 33.8 Å². The number of nitrogens with zero attached hydrogens (tertiary/aromatic N) is 1. The fourth-order valence-corrected chi connectivity index (χ4v) is 3.34. The first-order chi connectivity index (χ1) is 10.1. The molecule has 0 aliphatic carbocycles. The number of carbonyl (C=O) groups excluding carboxylic acids is 1. The molecule has 0 bridgehead atoms. The van der Waals surface area contributed by atoms with Gasteiger partial charge >= 0.3 is 0 Å². The lowest BCUT2D eigenvalue weighted by Crippen LogP contribution is -2.25. The lowest BCUT2D eigenvalue weighted by atomic mass is 10.1. The van der Waals surface area contributed by atoms with E-state index in [0.717, 1.165) is 10.9 Å². The Morgan fingerprint density at radius 1 is 1.38 bits per heavy atom. The standard InChI is InChI=1S/C16H17N3OS/c1-10-5-6-21-15(10)9-19(2)16(20)13-8-18-14-7-11(17)3-4-12(13)14/h3-8,18H,9,17H2,1-2H3. The Bertz CT molecular complexity index is 803. The molecule has 5 heteroatoms. The third-order valence-electron chi connectivity index (χ3n) is 3.63. The molecule has 1 amide bonds. The van der Waals surface area contributed by atoms with Crippen molar-refractivity contribution < 1.29 is 4.79 Å². The molecular formula is C16H17N3OS. The monoisotopic (exact) mass is 299 g/mol. The zero-order chi connectivity index (χ0) is 15.0. The van der Waals surface area contributed by atoms with Gasteiger partial charge in [-0.25, -0.2) is 0 Å². The van der Waals surface area contributed by atoms with E-state index in [9.17, 15) is 4.79 Å². The van der Waals surface area contributed by atoms with E-state index in [1.165, 1.54) is 10.4 Å². The van der Waals surface area contributed by atoms with Crippen LogP contribution >= 0.6 is 11.3 Å². The average molecular weight is 299 g/mol. The number of anilines is 1. The first-order valence-electron chi connectivity index (χ1n) is 6.71. The Morgan fingerprint density at radius 3 is 2.90 bits per heavy atom. The third kappa shape index (κ3) is 2.52. The number of hydrogen-bond donors (Lipinski definition) is 2. The Hall–Kier alpha value is -2.27. The molecule has 0 radical (unpaired) electrons. The number of hydrogen-bond acceptors (Lipinski definition) is 3. The summed E-state index contributed by atoms with van der Waals surface area (Å²) in [6.07, 6.45) is 1.75. The van der Waals surface area contributed by atoms with Gasteiger partial charge in [-0.15, -0.1) is 11.3 Å². The number of carbonyl (C=O) groups is 1. The molecule has 0 aliphatic heterocycles. The fourth-order valence-electron chi connectivity index (χ4n) is 2.38. The molecule has 0 saturated carbocycles.